The molecule has 1 aromatic carbocycles. The Morgan fingerprint density at radius 3 is 2.77 bits per heavy atom. The maximum Gasteiger partial charge on any atom is 0.253 e. The van der Waals surface area contributed by atoms with Crippen LogP contribution in [0.1, 0.15) is 10.4 Å². The van der Waals surface area contributed by atoms with E-state index in [9.17, 15) is 4.79 Å². The summed E-state index contributed by atoms with van der Waals surface area (Å²) >= 11 is 0. The molecule has 0 radical (unpaired) electrons. The average Bonchev–Trinajstić information content (AvgIpc) is 2.52. The van der Waals surface area contributed by atoms with Crippen LogP contribution >= 0.6 is 0 Å². The van der Waals surface area contributed by atoms with Crippen LogP contribution in [0.3, 0.4) is 0 Å². The van der Waals surface area contributed by atoms with Crippen LogP contribution in [0.15, 0.2) is 30.3 Å². The van der Waals surface area contributed by atoms with Gasteiger partial charge in [-0.1, -0.05) is 18.2 Å². The topological polar surface area (TPSA) is 36.0 Å². The number of fused-ring (bicyclic) bond motifs is 2. The molecule has 5 nitrogen and oxygen atoms in total. The van der Waals surface area contributed by atoms with E-state index in [1.54, 1.807) is 0 Å². The molecule has 3 heterocycles. The summed E-state index contributed by atoms with van der Waals surface area (Å²) in [6, 6.07) is 10.1. The average molecular weight is 301 g/mol. The van der Waals surface area contributed by atoms with Crippen LogP contribution in [0.25, 0.3) is 0 Å². The Hall–Kier alpha value is -1.43. The van der Waals surface area contributed by atoms with Gasteiger partial charge in [-0.05, 0) is 19.2 Å². The van der Waals surface area contributed by atoms with Crippen LogP contribution < -0.4 is 0 Å². The van der Waals surface area contributed by atoms with Crippen LogP contribution in [-0.2, 0) is 4.74 Å². The molecule has 1 spiro atoms. The first-order valence-electron chi connectivity index (χ1n) is 8.05. The number of rotatable bonds is 1. The summed E-state index contributed by atoms with van der Waals surface area (Å²) in [4.78, 5) is 19.5. The van der Waals surface area contributed by atoms with E-state index in [0.717, 1.165) is 51.5 Å². The van der Waals surface area contributed by atoms with Crippen LogP contribution in [0.2, 0.25) is 0 Å². The molecular weight excluding hydrogens is 278 g/mol. The number of benzene rings is 1. The number of hydrogen-bond donors (Lipinski definition) is 0. The Labute approximate surface area is 131 Å². The summed E-state index contributed by atoms with van der Waals surface area (Å²) in [5, 5.41) is 0. The summed E-state index contributed by atoms with van der Waals surface area (Å²) in [7, 11) is 2.18. The lowest BCUT2D eigenvalue weighted by atomic mass is 9.82. The minimum absolute atomic E-state index is 0.131. The van der Waals surface area contributed by atoms with Crippen molar-refractivity contribution in [3.63, 3.8) is 0 Å². The molecule has 0 unspecified atom stereocenters. The van der Waals surface area contributed by atoms with Crippen molar-refractivity contribution in [2.75, 3.05) is 53.0 Å². The second kappa shape index (κ2) is 5.33. The van der Waals surface area contributed by atoms with Gasteiger partial charge in [0.1, 0.15) is 0 Å². The number of ether oxygens (including phenoxy) is 1. The number of nitrogens with zero attached hydrogens (tertiary/aromatic N) is 3. The van der Waals surface area contributed by atoms with Gasteiger partial charge in [-0.2, -0.15) is 0 Å². The summed E-state index contributed by atoms with van der Waals surface area (Å²) in [5.41, 5.74) is 0.923. The van der Waals surface area contributed by atoms with E-state index in [1.807, 2.05) is 35.2 Å². The molecule has 0 bridgehead atoms. The summed E-state index contributed by atoms with van der Waals surface area (Å²) in [6.07, 6.45) is 0. The smallest absolute Gasteiger partial charge is 0.253 e. The zero-order valence-electron chi connectivity index (χ0n) is 13.1. The third-order valence-electron chi connectivity index (χ3n) is 5.20. The second-order valence-corrected chi connectivity index (χ2v) is 6.87. The predicted octanol–water partition coefficient (Wildman–Crippen LogP) is 0.527. The van der Waals surface area contributed by atoms with Crippen molar-refractivity contribution in [1.82, 2.24) is 14.7 Å². The molecule has 1 amide bonds. The van der Waals surface area contributed by atoms with E-state index in [2.05, 4.69) is 16.8 Å². The third kappa shape index (κ3) is 2.24. The zero-order valence-corrected chi connectivity index (χ0v) is 13.1. The van der Waals surface area contributed by atoms with E-state index in [4.69, 9.17) is 4.74 Å². The van der Waals surface area contributed by atoms with Gasteiger partial charge in [-0.3, -0.25) is 9.69 Å². The number of amides is 1. The molecule has 118 valence electrons. The molecule has 4 rings (SSSR count). The lowest BCUT2D eigenvalue weighted by Gasteiger charge is -2.63. The number of likely N-dealkylation sites (tertiary alicyclic amines) is 1. The Morgan fingerprint density at radius 2 is 2.00 bits per heavy atom. The summed E-state index contributed by atoms with van der Waals surface area (Å²) in [5.74, 6) is 0.157. The molecule has 0 saturated carbocycles. The summed E-state index contributed by atoms with van der Waals surface area (Å²) in [6.45, 7) is 6.40. The van der Waals surface area contributed by atoms with E-state index in [0.29, 0.717) is 6.04 Å². The minimum atomic E-state index is 0.131. The largest absolute Gasteiger partial charge is 0.378 e. The minimum Gasteiger partial charge on any atom is -0.378 e. The monoisotopic (exact) mass is 301 g/mol. The first kappa shape index (κ1) is 14.2. The SMILES string of the molecule is CN1C[C@@H]2COCCN2C2(C1)CN(C(=O)c1ccccc1)C2. The standard InChI is InChI=1S/C17H23N3O2/c1-18-9-15-10-22-8-7-20(15)17(11-18)12-19(13-17)16(21)14-5-3-2-4-6-14/h2-6,15H,7-13H2,1H3/t15-/m1/s1. The highest BCUT2D eigenvalue weighted by molar-refractivity contribution is 5.95. The van der Waals surface area contributed by atoms with Crippen molar-refractivity contribution in [2.45, 2.75) is 11.6 Å². The highest BCUT2D eigenvalue weighted by Gasteiger charge is 2.54. The first-order valence-corrected chi connectivity index (χ1v) is 8.05. The molecular formula is C17H23N3O2. The fourth-order valence-electron chi connectivity index (χ4n) is 4.30. The predicted molar refractivity (Wildman–Crippen MR) is 83.9 cm³/mol. The van der Waals surface area contributed by atoms with Gasteiger partial charge in [0, 0.05) is 44.3 Å². The van der Waals surface area contributed by atoms with Crippen LogP contribution in [0.4, 0.5) is 0 Å². The van der Waals surface area contributed by atoms with Crippen molar-refractivity contribution in [3.8, 4) is 0 Å². The highest BCUT2D eigenvalue weighted by Crippen LogP contribution is 2.35. The highest BCUT2D eigenvalue weighted by atomic mass is 16.5. The number of carbonyl (C=O) groups is 1. The fourth-order valence-corrected chi connectivity index (χ4v) is 4.30. The Morgan fingerprint density at radius 1 is 1.23 bits per heavy atom. The number of piperazine rings is 1. The molecule has 3 aliphatic heterocycles. The number of likely N-dealkylation sites (N-methyl/N-ethyl adjacent to an activating group) is 1. The molecule has 5 heteroatoms. The van der Waals surface area contributed by atoms with Crippen LogP contribution in [0, 0.1) is 0 Å². The molecule has 0 aromatic heterocycles. The normalized spacial score (nSPS) is 28.2. The molecule has 1 atom stereocenters. The molecule has 3 fully saturated rings. The van der Waals surface area contributed by atoms with Gasteiger partial charge in [0.05, 0.1) is 18.8 Å². The van der Waals surface area contributed by atoms with E-state index in [-0.39, 0.29) is 11.4 Å². The summed E-state index contributed by atoms with van der Waals surface area (Å²) < 4.78 is 5.64. The number of hydrogen-bond acceptors (Lipinski definition) is 4. The molecule has 0 N–H and O–H groups in total. The van der Waals surface area contributed by atoms with Crippen LogP contribution in [-0.4, -0.2) is 85.2 Å². The van der Waals surface area contributed by atoms with Gasteiger partial charge >= 0.3 is 0 Å². The fraction of sp³-hybridized carbons (Fsp3) is 0.588. The molecule has 0 aliphatic carbocycles. The Bertz CT molecular complexity index is 556. The lowest BCUT2D eigenvalue weighted by Crippen LogP contribution is -2.80. The zero-order chi connectivity index (χ0) is 15.2. The molecule has 22 heavy (non-hydrogen) atoms. The molecule has 3 saturated heterocycles. The van der Waals surface area contributed by atoms with Crippen molar-refractivity contribution in [3.05, 3.63) is 35.9 Å². The van der Waals surface area contributed by atoms with E-state index >= 15 is 0 Å². The van der Waals surface area contributed by atoms with E-state index < -0.39 is 0 Å². The first-order chi connectivity index (χ1) is 10.7. The van der Waals surface area contributed by atoms with Crippen molar-refractivity contribution < 1.29 is 9.53 Å². The number of morpholine rings is 1. The van der Waals surface area contributed by atoms with Crippen molar-refractivity contribution >= 4 is 5.91 Å². The maximum absolute atomic E-state index is 12.6. The van der Waals surface area contributed by atoms with E-state index in [1.165, 1.54) is 0 Å². The van der Waals surface area contributed by atoms with Gasteiger partial charge < -0.3 is 14.5 Å². The Kier molecular flexibility index (Phi) is 3.44. The lowest BCUT2D eigenvalue weighted by molar-refractivity contribution is -0.152. The van der Waals surface area contributed by atoms with Crippen molar-refractivity contribution in [2.24, 2.45) is 0 Å². The number of carbonyl (C=O) groups excluding carboxylic acids is 1. The Balaban J connectivity index is 1.49. The third-order valence-corrected chi connectivity index (χ3v) is 5.20. The maximum atomic E-state index is 12.6. The quantitative estimate of drug-likeness (QED) is 0.758. The van der Waals surface area contributed by atoms with Crippen molar-refractivity contribution in [1.29, 1.82) is 0 Å². The van der Waals surface area contributed by atoms with Gasteiger partial charge in [0.2, 0.25) is 0 Å². The molecule has 1 aromatic rings. The molecule has 3 aliphatic rings. The van der Waals surface area contributed by atoms with Gasteiger partial charge in [-0.15, -0.1) is 0 Å². The van der Waals surface area contributed by atoms with Crippen LogP contribution in [0.5, 0.6) is 0 Å². The second-order valence-electron chi connectivity index (χ2n) is 6.87. The van der Waals surface area contributed by atoms with Gasteiger partial charge in [0.15, 0.2) is 0 Å². The van der Waals surface area contributed by atoms with Gasteiger partial charge in [0.25, 0.3) is 5.91 Å². The van der Waals surface area contributed by atoms with Gasteiger partial charge in [-0.25, -0.2) is 0 Å².